The first-order chi connectivity index (χ1) is 9.63. The highest BCUT2D eigenvalue weighted by atomic mass is 32.1. The molecule has 0 radical (unpaired) electrons. The molecule has 3 heterocycles. The Labute approximate surface area is 123 Å². The van der Waals surface area contributed by atoms with Gasteiger partial charge in [0, 0.05) is 16.8 Å². The molecule has 0 N–H and O–H groups in total. The molecule has 1 aliphatic rings. The monoisotopic (exact) mass is 288 g/mol. The van der Waals surface area contributed by atoms with Gasteiger partial charge in [-0.05, 0) is 46.3 Å². The first kappa shape index (κ1) is 13.6. The van der Waals surface area contributed by atoms with Crippen molar-refractivity contribution >= 4 is 11.3 Å². The topological polar surface area (TPSA) is 41.9 Å². The standard InChI is InChI=1S/C15H20N4S/c1-10-8-12(15-16-9-11(2)20-15)18-14(17-10)13-6-4-5-7-19(13)3/h8-9,13H,4-7H2,1-3H3. The van der Waals surface area contributed by atoms with E-state index in [2.05, 4.69) is 28.8 Å². The normalized spacial score (nSPS) is 20.2. The van der Waals surface area contributed by atoms with E-state index in [0.717, 1.165) is 35.2 Å². The molecule has 0 amide bonds. The SMILES string of the molecule is Cc1cc(-c2ncc(C)s2)nc(C2CCCCN2C)n1. The average Bonchev–Trinajstić information content (AvgIpc) is 2.85. The van der Waals surface area contributed by atoms with Gasteiger partial charge in [-0.2, -0.15) is 0 Å². The molecule has 4 nitrogen and oxygen atoms in total. The number of aryl methyl sites for hydroxylation is 2. The Morgan fingerprint density at radius 1 is 1.25 bits per heavy atom. The Bertz CT molecular complexity index is 608. The summed E-state index contributed by atoms with van der Waals surface area (Å²) < 4.78 is 0. The Morgan fingerprint density at radius 3 is 2.80 bits per heavy atom. The summed E-state index contributed by atoms with van der Waals surface area (Å²) in [7, 11) is 2.17. The fourth-order valence-corrected chi connectivity index (χ4v) is 3.45. The van der Waals surface area contributed by atoms with Crippen LogP contribution >= 0.6 is 11.3 Å². The van der Waals surface area contributed by atoms with Gasteiger partial charge in [-0.1, -0.05) is 6.42 Å². The fraction of sp³-hybridized carbons (Fsp3) is 0.533. The van der Waals surface area contributed by atoms with Gasteiger partial charge in [-0.3, -0.25) is 4.90 Å². The molecule has 2 aromatic heterocycles. The average molecular weight is 288 g/mol. The quantitative estimate of drug-likeness (QED) is 0.849. The van der Waals surface area contributed by atoms with E-state index in [-0.39, 0.29) is 0 Å². The van der Waals surface area contributed by atoms with Crippen LogP contribution in [0.1, 0.15) is 41.7 Å². The highest BCUT2D eigenvalue weighted by Gasteiger charge is 2.24. The third kappa shape index (κ3) is 2.74. The molecule has 0 aliphatic carbocycles. The molecule has 1 saturated heterocycles. The first-order valence-electron chi connectivity index (χ1n) is 7.12. The van der Waals surface area contributed by atoms with E-state index in [4.69, 9.17) is 4.98 Å². The van der Waals surface area contributed by atoms with E-state index in [9.17, 15) is 0 Å². The lowest BCUT2D eigenvalue weighted by atomic mass is 10.0. The van der Waals surface area contributed by atoms with Crippen LogP contribution in [-0.4, -0.2) is 33.4 Å². The Morgan fingerprint density at radius 2 is 2.10 bits per heavy atom. The molecule has 1 fully saturated rings. The van der Waals surface area contributed by atoms with E-state index in [0.29, 0.717) is 6.04 Å². The number of hydrogen-bond acceptors (Lipinski definition) is 5. The van der Waals surface area contributed by atoms with Gasteiger partial charge in [0.2, 0.25) is 0 Å². The summed E-state index contributed by atoms with van der Waals surface area (Å²) in [5, 5.41) is 0.993. The number of aromatic nitrogens is 3. The minimum Gasteiger partial charge on any atom is -0.296 e. The molecular weight excluding hydrogens is 268 g/mol. The summed E-state index contributed by atoms with van der Waals surface area (Å²) >= 11 is 1.69. The smallest absolute Gasteiger partial charge is 0.146 e. The van der Waals surface area contributed by atoms with Crippen LogP contribution in [0.25, 0.3) is 10.7 Å². The third-order valence-corrected chi connectivity index (χ3v) is 4.72. The third-order valence-electron chi connectivity index (χ3n) is 3.78. The van der Waals surface area contributed by atoms with Crippen LogP contribution < -0.4 is 0 Å². The van der Waals surface area contributed by atoms with Crippen molar-refractivity contribution < 1.29 is 0 Å². The first-order valence-corrected chi connectivity index (χ1v) is 7.94. The van der Waals surface area contributed by atoms with E-state index >= 15 is 0 Å². The molecule has 0 bridgehead atoms. The lowest BCUT2D eigenvalue weighted by Crippen LogP contribution is -2.31. The van der Waals surface area contributed by atoms with Crippen LogP contribution in [-0.2, 0) is 0 Å². The van der Waals surface area contributed by atoms with Crippen LogP contribution in [0.15, 0.2) is 12.3 Å². The van der Waals surface area contributed by atoms with Crippen molar-refractivity contribution in [2.45, 2.75) is 39.2 Å². The second-order valence-electron chi connectivity index (χ2n) is 5.52. The maximum absolute atomic E-state index is 4.79. The zero-order valence-corrected chi connectivity index (χ0v) is 13.1. The number of thiazole rings is 1. The Kier molecular flexibility index (Phi) is 3.81. The van der Waals surface area contributed by atoms with Gasteiger partial charge in [0.1, 0.15) is 16.5 Å². The van der Waals surface area contributed by atoms with Crippen LogP contribution in [0.4, 0.5) is 0 Å². The number of nitrogens with zero attached hydrogens (tertiary/aromatic N) is 4. The second-order valence-corrected chi connectivity index (χ2v) is 6.76. The molecule has 20 heavy (non-hydrogen) atoms. The van der Waals surface area contributed by atoms with E-state index in [1.165, 1.54) is 17.7 Å². The minimum atomic E-state index is 0.350. The van der Waals surface area contributed by atoms with Gasteiger partial charge in [-0.15, -0.1) is 11.3 Å². The van der Waals surface area contributed by atoms with E-state index in [1.807, 2.05) is 19.2 Å². The second kappa shape index (κ2) is 5.58. The summed E-state index contributed by atoms with van der Waals surface area (Å²) in [5.41, 5.74) is 1.99. The van der Waals surface area contributed by atoms with Crippen molar-refractivity contribution in [3.05, 3.63) is 28.7 Å². The number of piperidine rings is 1. The van der Waals surface area contributed by atoms with Crippen molar-refractivity contribution in [2.75, 3.05) is 13.6 Å². The predicted octanol–water partition coefficient (Wildman–Crippen LogP) is 3.37. The van der Waals surface area contributed by atoms with Gasteiger partial charge < -0.3 is 0 Å². The maximum Gasteiger partial charge on any atom is 0.146 e. The highest BCUT2D eigenvalue weighted by Crippen LogP contribution is 2.30. The lowest BCUT2D eigenvalue weighted by molar-refractivity contribution is 0.179. The van der Waals surface area contributed by atoms with Crippen LogP contribution in [0.5, 0.6) is 0 Å². The molecule has 3 rings (SSSR count). The van der Waals surface area contributed by atoms with Gasteiger partial charge in [0.25, 0.3) is 0 Å². The summed E-state index contributed by atoms with van der Waals surface area (Å²) in [6.07, 6.45) is 5.59. The summed E-state index contributed by atoms with van der Waals surface area (Å²) in [6.45, 7) is 5.25. The molecule has 0 saturated carbocycles. The fourth-order valence-electron chi connectivity index (χ4n) is 2.72. The zero-order valence-electron chi connectivity index (χ0n) is 12.3. The number of rotatable bonds is 2. The molecule has 2 aromatic rings. The van der Waals surface area contributed by atoms with Gasteiger partial charge >= 0.3 is 0 Å². The van der Waals surface area contributed by atoms with E-state index in [1.54, 1.807) is 11.3 Å². The summed E-state index contributed by atoms with van der Waals surface area (Å²) in [6, 6.07) is 2.38. The maximum atomic E-state index is 4.79. The lowest BCUT2D eigenvalue weighted by Gasteiger charge is -2.31. The Balaban J connectivity index is 1.98. The molecule has 106 valence electrons. The van der Waals surface area contributed by atoms with Crippen molar-refractivity contribution in [2.24, 2.45) is 0 Å². The Hall–Kier alpha value is -1.33. The minimum absolute atomic E-state index is 0.350. The molecule has 1 aliphatic heterocycles. The largest absolute Gasteiger partial charge is 0.296 e. The summed E-state index contributed by atoms with van der Waals surface area (Å²) in [5.74, 6) is 0.954. The predicted molar refractivity (Wildman–Crippen MR) is 81.8 cm³/mol. The van der Waals surface area contributed by atoms with Gasteiger partial charge in [0.15, 0.2) is 0 Å². The zero-order chi connectivity index (χ0) is 14.1. The van der Waals surface area contributed by atoms with E-state index < -0.39 is 0 Å². The molecule has 0 aromatic carbocycles. The van der Waals surface area contributed by atoms with Crippen molar-refractivity contribution in [3.63, 3.8) is 0 Å². The molecule has 5 heteroatoms. The molecule has 1 atom stereocenters. The van der Waals surface area contributed by atoms with Crippen LogP contribution in [0.3, 0.4) is 0 Å². The number of hydrogen-bond donors (Lipinski definition) is 0. The molecule has 1 unspecified atom stereocenters. The summed E-state index contributed by atoms with van der Waals surface area (Å²) in [4.78, 5) is 17.5. The van der Waals surface area contributed by atoms with Gasteiger partial charge in [-0.25, -0.2) is 15.0 Å². The molecule has 0 spiro atoms. The van der Waals surface area contributed by atoms with Crippen LogP contribution in [0, 0.1) is 13.8 Å². The molecular formula is C15H20N4S. The van der Waals surface area contributed by atoms with Gasteiger partial charge in [0.05, 0.1) is 6.04 Å². The van der Waals surface area contributed by atoms with Crippen LogP contribution in [0.2, 0.25) is 0 Å². The highest BCUT2D eigenvalue weighted by molar-refractivity contribution is 7.14. The van der Waals surface area contributed by atoms with Crippen molar-refractivity contribution in [3.8, 4) is 10.7 Å². The van der Waals surface area contributed by atoms with Crippen molar-refractivity contribution in [1.29, 1.82) is 0 Å². The number of likely N-dealkylation sites (tertiary alicyclic amines) is 1. The van der Waals surface area contributed by atoms with Crippen molar-refractivity contribution in [1.82, 2.24) is 19.9 Å².